The van der Waals surface area contributed by atoms with Gasteiger partial charge in [0.05, 0.1) is 19.1 Å². The Morgan fingerprint density at radius 2 is 2.29 bits per heavy atom. The largest absolute Gasteiger partial charge is 0.398 e. The average molecular weight is 208 g/mol. The second kappa shape index (κ2) is 5.53. The van der Waals surface area contributed by atoms with Gasteiger partial charge in [0.1, 0.15) is 0 Å². The smallest absolute Gasteiger partial charge is 0.0670 e. The molecule has 0 aliphatic carbocycles. The predicted molar refractivity (Wildman–Crippen MR) is 58.0 cm³/mol. The molecule has 0 aromatic heterocycles. The molecule has 0 saturated carbocycles. The maximum atomic E-state index is 8.66. The van der Waals surface area contributed by atoms with Crippen molar-refractivity contribution >= 4 is 17.4 Å². The molecule has 3 nitrogen and oxygen atoms in total. The van der Waals surface area contributed by atoms with Crippen molar-refractivity contribution in [3.8, 4) is 6.07 Å². The predicted octanol–water partition coefficient (Wildman–Crippen LogP) is 1.42. The number of hydrogen-bond donors (Lipinski definition) is 2. The lowest BCUT2D eigenvalue weighted by atomic mass is 10.1. The van der Waals surface area contributed by atoms with Gasteiger partial charge in [0.2, 0.25) is 0 Å². The number of thioether (sulfide) groups is 1. The first kappa shape index (κ1) is 10.9. The Morgan fingerprint density at radius 3 is 2.93 bits per heavy atom. The van der Waals surface area contributed by atoms with Crippen LogP contribution in [0.25, 0.3) is 0 Å². The molecule has 0 fully saturated rings. The summed E-state index contributed by atoms with van der Waals surface area (Å²) in [6.45, 7) is 0.155. The minimum Gasteiger partial charge on any atom is -0.398 e. The third-order valence-electron chi connectivity index (χ3n) is 1.74. The SMILES string of the molecule is N#CCc1cc(SCCO)ccc1N. The second-order valence-electron chi connectivity index (χ2n) is 2.77. The summed E-state index contributed by atoms with van der Waals surface area (Å²) < 4.78 is 0. The van der Waals surface area contributed by atoms with E-state index in [0.717, 1.165) is 10.5 Å². The van der Waals surface area contributed by atoms with E-state index in [2.05, 4.69) is 6.07 Å². The van der Waals surface area contributed by atoms with E-state index in [-0.39, 0.29) is 6.61 Å². The quantitative estimate of drug-likeness (QED) is 0.580. The van der Waals surface area contributed by atoms with Gasteiger partial charge in [0.25, 0.3) is 0 Å². The summed E-state index contributed by atoms with van der Waals surface area (Å²) in [7, 11) is 0. The Hall–Kier alpha value is -1.18. The zero-order valence-corrected chi connectivity index (χ0v) is 8.55. The second-order valence-corrected chi connectivity index (χ2v) is 3.94. The topological polar surface area (TPSA) is 70.0 Å². The minimum absolute atomic E-state index is 0.155. The number of aliphatic hydroxyl groups excluding tert-OH is 1. The van der Waals surface area contributed by atoms with Gasteiger partial charge >= 0.3 is 0 Å². The fourth-order valence-electron chi connectivity index (χ4n) is 1.07. The fourth-order valence-corrected chi connectivity index (χ4v) is 1.79. The van der Waals surface area contributed by atoms with Crippen molar-refractivity contribution in [2.24, 2.45) is 0 Å². The Bertz CT molecular complexity index is 346. The molecule has 1 aromatic rings. The van der Waals surface area contributed by atoms with Crippen molar-refractivity contribution < 1.29 is 5.11 Å². The van der Waals surface area contributed by atoms with Crippen molar-refractivity contribution in [3.63, 3.8) is 0 Å². The van der Waals surface area contributed by atoms with E-state index in [1.165, 1.54) is 0 Å². The van der Waals surface area contributed by atoms with Gasteiger partial charge in [0.15, 0.2) is 0 Å². The zero-order chi connectivity index (χ0) is 10.4. The van der Waals surface area contributed by atoms with Crippen LogP contribution in [0.1, 0.15) is 5.56 Å². The molecule has 0 saturated heterocycles. The molecule has 0 aliphatic rings. The number of aliphatic hydroxyl groups is 1. The van der Waals surface area contributed by atoms with Gasteiger partial charge in [-0.2, -0.15) is 5.26 Å². The van der Waals surface area contributed by atoms with Crippen molar-refractivity contribution in [2.45, 2.75) is 11.3 Å². The maximum absolute atomic E-state index is 8.66. The van der Waals surface area contributed by atoms with Crippen molar-refractivity contribution in [2.75, 3.05) is 18.1 Å². The molecular weight excluding hydrogens is 196 g/mol. The number of nitrogen functional groups attached to an aromatic ring is 1. The minimum atomic E-state index is 0.155. The van der Waals surface area contributed by atoms with E-state index in [4.69, 9.17) is 16.1 Å². The number of hydrogen-bond acceptors (Lipinski definition) is 4. The number of rotatable bonds is 4. The molecule has 0 aliphatic heterocycles. The summed E-state index contributed by atoms with van der Waals surface area (Å²) in [4.78, 5) is 1.04. The molecule has 0 bridgehead atoms. The number of benzene rings is 1. The molecule has 0 unspecified atom stereocenters. The Morgan fingerprint density at radius 1 is 1.50 bits per heavy atom. The van der Waals surface area contributed by atoms with Gasteiger partial charge < -0.3 is 10.8 Å². The fraction of sp³-hybridized carbons (Fsp3) is 0.300. The summed E-state index contributed by atoms with van der Waals surface area (Å²) >= 11 is 1.55. The third kappa shape index (κ3) is 2.95. The number of nitrogens with two attached hydrogens (primary N) is 1. The standard InChI is InChI=1S/C10H12N2OS/c11-4-3-8-7-9(14-6-5-13)1-2-10(8)12/h1-2,7,13H,3,5-6,12H2. The molecule has 14 heavy (non-hydrogen) atoms. The molecular formula is C10H12N2OS. The van der Waals surface area contributed by atoms with Gasteiger partial charge in [-0.15, -0.1) is 11.8 Å². The third-order valence-corrected chi connectivity index (χ3v) is 2.72. The van der Waals surface area contributed by atoms with Crippen LogP contribution in [0.3, 0.4) is 0 Å². The van der Waals surface area contributed by atoms with Gasteiger partial charge in [-0.25, -0.2) is 0 Å². The molecule has 1 aromatic carbocycles. The molecule has 0 amide bonds. The van der Waals surface area contributed by atoms with E-state index in [1.54, 1.807) is 17.8 Å². The lowest BCUT2D eigenvalue weighted by Gasteiger charge is -2.04. The van der Waals surface area contributed by atoms with Crippen LogP contribution in [-0.2, 0) is 6.42 Å². The first-order valence-electron chi connectivity index (χ1n) is 4.27. The Labute approximate surface area is 87.5 Å². The van der Waals surface area contributed by atoms with Crippen LogP contribution in [-0.4, -0.2) is 17.5 Å². The van der Waals surface area contributed by atoms with Gasteiger partial charge in [-0.1, -0.05) is 0 Å². The van der Waals surface area contributed by atoms with Gasteiger partial charge in [-0.05, 0) is 23.8 Å². The van der Waals surface area contributed by atoms with E-state index >= 15 is 0 Å². The molecule has 0 heterocycles. The summed E-state index contributed by atoms with van der Waals surface area (Å²) in [6.07, 6.45) is 0.333. The molecule has 0 atom stereocenters. The van der Waals surface area contributed by atoms with Crippen LogP contribution in [0.5, 0.6) is 0 Å². The van der Waals surface area contributed by atoms with Crippen LogP contribution in [0.15, 0.2) is 23.1 Å². The molecule has 0 spiro atoms. The first-order valence-corrected chi connectivity index (χ1v) is 5.25. The normalized spacial score (nSPS) is 9.71. The molecule has 74 valence electrons. The average Bonchev–Trinajstić information content (AvgIpc) is 2.19. The lowest BCUT2D eigenvalue weighted by molar-refractivity contribution is 0.322. The van der Waals surface area contributed by atoms with Crippen LogP contribution in [0.2, 0.25) is 0 Å². The van der Waals surface area contributed by atoms with Gasteiger partial charge in [0, 0.05) is 16.3 Å². The first-order chi connectivity index (χ1) is 6.77. The van der Waals surface area contributed by atoms with Crippen molar-refractivity contribution in [3.05, 3.63) is 23.8 Å². The van der Waals surface area contributed by atoms with Crippen LogP contribution < -0.4 is 5.73 Å². The molecule has 4 heteroatoms. The number of anilines is 1. The van der Waals surface area contributed by atoms with E-state index < -0.39 is 0 Å². The summed E-state index contributed by atoms with van der Waals surface area (Å²) in [5, 5.41) is 17.2. The van der Waals surface area contributed by atoms with Crippen LogP contribution in [0, 0.1) is 11.3 Å². The van der Waals surface area contributed by atoms with Crippen LogP contribution in [0.4, 0.5) is 5.69 Å². The van der Waals surface area contributed by atoms with E-state index in [0.29, 0.717) is 17.9 Å². The Balaban J connectivity index is 2.79. The summed E-state index contributed by atoms with van der Waals surface area (Å²) in [5.41, 5.74) is 7.20. The summed E-state index contributed by atoms with van der Waals surface area (Å²) in [6, 6.07) is 7.67. The maximum Gasteiger partial charge on any atom is 0.0670 e. The van der Waals surface area contributed by atoms with Gasteiger partial charge in [-0.3, -0.25) is 0 Å². The molecule has 3 N–H and O–H groups in total. The van der Waals surface area contributed by atoms with E-state index in [9.17, 15) is 0 Å². The number of nitriles is 1. The van der Waals surface area contributed by atoms with Crippen LogP contribution >= 0.6 is 11.8 Å². The highest BCUT2D eigenvalue weighted by molar-refractivity contribution is 7.99. The highest BCUT2D eigenvalue weighted by Crippen LogP contribution is 2.22. The van der Waals surface area contributed by atoms with E-state index in [1.807, 2.05) is 12.1 Å². The lowest BCUT2D eigenvalue weighted by Crippen LogP contribution is -1.94. The highest BCUT2D eigenvalue weighted by atomic mass is 32.2. The Kier molecular flexibility index (Phi) is 4.30. The number of nitrogens with zero attached hydrogens (tertiary/aromatic N) is 1. The molecule has 0 radical (unpaired) electrons. The highest BCUT2D eigenvalue weighted by Gasteiger charge is 2.00. The van der Waals surface area contributed by atoms with Crippen molar-refractivity contribution in [1.29, 1.82) is 5.26 Å². The monoisotopic (exact) mass is 208 g/mol. The summed E-state index contributed by atoms with van der Waals surface area (Å²) in [5.74, 6) is 0.663. The molecule has 1 rings (SSSR count). The van der Waals surface area contributed by atoms with Crippen molar-refractivity contribution in [1.82, 2.24) is 0 Å². The zero-order valence-electron chi connectivity index (χ0n) is 7.73.